The van der Waals surface area contributed by atoms with Crippen molar-refractivity contribution < 1.29 is 13.9 Å². The van der Waals surface area contributed by atoms with Crippen LogP contribution < -0.4 is 4.74 Å². The van der Waals surface area contributed by atoms with Crippen LogP contribution in [0.3, 0.4) is 0 Å². The highest BCUT2D eigenvalue weighted by Gasteiger charge is 2.18. The molecule has 4 heteroatoms. The van der Waals surface area contributed by atoms with Crippen LogP contribution in [0.5, 0.6) is 5.75 Å². The Morgan fingerprint density at radius 3 is 2.38 bits per heavy atom. The first kappa shape index (κ1) is 19.9. The van der Waals surface area contributed by atoms with Crippen molar-refractivity contribution in [2.75, 3.05) is 0 Å². The van der Waals surface area contributed by atoms with Crippen molar-refractivity contribution in [2.24, 2.45) is 0 Å². The molecule has 0 fully saturated rings. The number of carbonyl (C=O) groups is 1. The molecule has 5 rings (SSSR count). The van der Waals surface area contributed by atoms with Gasteiger partial charge in [0.25, 0.3) is 0 Å². The monoisotopic (exact) mass is 421 g/mol. The number of benzene rings is 4. The van der Waals surface area contributed by atoms with Crippen molar-refractivity contribution in [3.63, 3.8) is 0 Å². The van der Waals surface area contributed by atoms with Gasteiger partial charge in [-0.3, -0.25) is 0 Å². The molecule has 0 saturated heterocycles. The maximum atomic E-state index is 13.4. The van der Waals surface area contributed by atoms with E-state index in [0.29, 0.717) is 17.0 Å². The maximum absolute atomic E-state index is 13.4. The van der Waals surface area contributed by atoms with Crippen LogP contribution >= 0.6 is 0 Å². The van der Waals surface area contributed by atoms with Crippen LogP contribution in [0, 0.1) is 19.7 Å². The van der Waals surface area contributed by atoms with E-state index in [1.54, 1.807) is 24.3 Å². The van der Waals surface area contributed by atoms with Crippen molar-refractivity contribution in [2.45, 2.75) is 13.8 Å². The molecule has 0 atom stereocenters. The minimum absolute atomic E-state index is 0.322. The van der Waals surface area contributed by atoms with Crippen molar-refractivity contribution in [1.82, 2.24) is 4.98 Å². The molecular weight excluding hydrogens is 401 g/mol. The number of halogens is 1. The average Bonchev–Trinajstić information content (AvgIpc) is 2.79. The predicted molar refractivity (Wildman–Crippen MR) is 126 cm³/mol. The third-order valence-electron chi connectivity index (χ3n) is 5.54. The topological polar surface area (TPSA) is 39.2 Å². The van der Waals surface area contributed by atoms with E-state index in [2.05, 4.69) is 0 Å². The highest BCUT2D eigenvalue weighted by Crippen LogP contribution is 2.29. The second-order valence-corrected chi connectivity index (χ2v) is 7.94. The van der Waals surface area contributed by atoms with Crippen LogP contribution in [0.15, 0.2) is 84.9 Å². The smallest absolute Gasteiger partial charge is 0.344 e. The van der Waals surface area contributed by atoms with Crippen molar-refractivity contribution in [3.8, 4) is 17.0 Å². The lowest BCUT2D eigenvalue weighted by Gasteiger charge is -2.13. The quantitative estimate of drug-likeness (QED) is 0.232. The lowest BCUT2D eigenvalue weighted by molar-refractivity contribution is 0.0737. The molecule has 1 heterocycles. The number of esters is 1. The molecule has 0 amide bonds. The summed E-state index contributed by atoms with van der Waals surface area (Å²) in [5.41, 5.74) is 4.47. The first-order chi connectivity index (χ1) is 15.5. The highest BCUT2D eigenvalue weighted by atomic mass is 19.1. The van der Waals surface area contributed by atoms with Gasteiger partial charge in [-0.2, -0.15) is 0 Å². The number of hydrogen-bond donors (Lipinski definition) is 0. The summed E-state index contributed by atoms with van der Waals surface area (Å²) in [7, 11) is 0. The minimum atomic E-state index is -0.457. The van der Waals surface area contributed by atoms with Gasteiger partial charge in [-0.15, -0.1) is 0 Å². The van der Waals surface area contributed by atoms with E-state index in [4.69, 9.17) is 9.72 Å². The molecule has 32 heavy (non-hydrogen) atoms. The van der Waals surface area contributed by atoms with Crippen LogP contribution in [0.2, 0.25) is 0 Å². The fourth-order valence-corrected chi connectivity index (χ4v) is 4.01. The molecule has 1 aromatic heterocycles. The van der Waals surface area contributed by atoms with Gasteiger partial charge in [0, 0.05) is 10.9 Å². The zero-order valence-electron chi connectivity index (χ0n) is 17.7. The Morgan fingerprint density at radius 2 is 1.59 bits per heavy atom. The predicted octanol–water partition coefficient (Wildman–Crippen LogP) is 7.03. The van der Waals surface area contributed by atoms with E-state index in [1.165, 1.54) is 12.1 Å². The maximum Gasteiger partial charge on any atom is 0.344 e. The van der Waals surface area contributed by atoms with Gasteiger partial charge in [0.15, 0.2) is 0 Å². The second-order valence-electron chi connectivity index (χ2n) is 7.94. The molecule has 4 aromatic carbocycles. The van der Waals surface area contributed by atoms with E-state index >= 15 is 0 Å². The Kier molecular flexibility index (Phi) is 4.91. The normalized spacial score (nSPS) is 11.1. The first-order valence-corrected chi connectivity index (χ1v) is 10.4. The van der Waals surface area contributed by atoms with E-state index in [1.807, 2.05) is 62.4 Å². The van der Waals surface area contributed by atoms with Crippen molar-refractivity contribution in [3.05, 3.63) is 107 Å². The second kappa shape index (κ2) is 7.89. The summed E-state index contributed by atoms with van der Waals surface area (Å²) in [6, 6.07) is 25.3. The zero-order valence-corrected chi connectivity index (χ0v) is 17.7. The van der Waals surface area contributed by atoms with Crippen LogP contribution in [-0.2, 0) is 0 Å². The van der Waals surface area contributed by atoms with Gasteiger partial charge < -0.3 is 4.74 Å². The zero-order chi connectivity index (χ0) is 22.2. The van der Waals surface area contributed by atoms with Gasteiger partial charge in [-0.1, -0.05) is 42.0 Å². The molecule has 156 valence electrons. The number of fused-ring (bicyclic) bond motifs is 2. The number of aryl methyl sites for hydroxylation is 2. The molecule has 0 bridgehead atoms. The lowest BCUT2D eigenvalue weighted by Crippen LogP contribution is -2.10. The molecule has 0 aliphatic rings. The van der Waals surface area contributed by atoms with E-state index in [9.17, 15) is 9.18 Å². The molecule has 0 radical (unpaired) electrons. The van der Waals surface area contributed by atoms with Gasteiger partial charge in [-0.05, 0) is 78.7 Å². The van der Waals surface area contributed by atoms with Gasteiger partial charge >= 0.3 is 5.97 Å². The van der Waals surface area contributed by atoms with E-state index < -0.39 is 5.97 Å². The Balaban J connectivity index is 1.63. The van der Waals surface area contributed by atoms with Gasteiger partial charge in [-0.25, -0.2) is 14.2 Å². The standard InChI is InChI=1S/C28H20FNO2/c1-17-13-18(2)27-24(14-17)25(16-26(30-27)20-7-10-22(29)11-8-20)28(31)32-23-12-9-19-5-3-4-6-21(19)15-23/h3-16H,1-2H3. The Labute approximate surface area is 185 Å². The molecule has 3 nitrogen and oxygen atoms in total. The number of rotatable bonds is 3. The van der Waals surface area contributed by atoms with E-state index in [0.717, 1.165) is 38.4 Å². The molecule has 0 aliphatic carbocycles. The summed E-state index contributed by atoms with van der Waals surface area (Å²) < 4.78 is 19.2. The number of nitrogens with zero attached hydrogens (tertiary/aromatic N) is 1. The first-order valence-electron chi connectivity index (χ1n) is 10.4. The third kappa shape index (κ3) is 3.71. The summed E-state index contributed by atoms with van der Waals surface area (Å²) in [5, 5.41) is 2.81. The molecule has 0 aliphatic heterocycles. The summed E-state index contributed by atoms with van der Waals surface area (Å²) in [4.78, 5) is 18.1. The summed E-state index contributed by atoms with van der Waals surface area (Å²) in [6.45, 7) is 3.95. The highest BCUT2D eigenvalue weighted by molar-refractivity contribution is 6.06. The summed E-state index contributed by atoms with van der Waals surface area (Å²) in [5.74, 6) is -0.301. The van der Waals surface area contributed by atoms with Crippen LogP contribution in [0.1, 0.15) is 21.5 Å². The van der Waals surface area contributed by atoms with Crippen LogP contribution in [0.4, 0.5) is 4.39 Å². The SMILES string of the molecule is Cc1cc(C)c2nc(-c3ccc(F)cc3)cc(C(=O)Oc3ccc4ccccc4c3)c2c1. The van der Waals surface area contributed by atoms with Crippen LogP contribution in [-0.4, -0.2) is 11.0 Å². The fourth-order valence-electron chi connectivity index (χ4n) is 4.01. The molecule has 0 unspecified atom stereocenters. The number of hydrogen-bond acceptors (Lipinski definition) is 3. The largest absolute Gasteiger partial charge is 0.423 e. The minimum Gasteiger partial charge on any atom is -0.423 e. The summed E-state index contributed by atoms with van der Waals surface area (Å²) >= 11 is 0. The van der Waals surface area contributed by atoms with Gasteiger partial charge in [0.05, 0.1) is 16.8 Å². The van der Waals surface area contributed by atoms with Crippen molar-refractivity contribution in [1.29, 1.82) is 0 Å². The number of pyridine rings is 1. The molecule has 0 N–H and O–H groups in total. The van der Waals surface area contributed by atoms with Crippen LogP contribution in [0.25, 0.3) is 32.9 Å². The third-order valence-corrected chi connectivity index (χ3v) is 5.54. The average molecular weight is 421 g/mol. The van der Waals surface area contributed by atoms with Gasteiger partial charge in [0.1, 0.15) is 11.6 Å². The molecule has 0 saturated carbocycles. The van der Waals surface area contributed by atoms with Crippen molar-refractivity contribution >= 4 is 27.6 Å². The molecule has 5 aromatic rings. The Morgan fingerprint density at radius 1 is 0.844 bits per heavy atom. The Hall–Kier alpha value is -4.05. The fraction of sp³-hybridized carbons (Fsp3) is 0.0714. The summed E-state index contributed by atoms with van der Waals surface area (Å²) in [6.07, 6.45) is 0. The number of ether oxygens (including phenoxy) is 1. The van der Waals surface area contributed by atoms with Gasteiger partial charge in [0.2, 0.25) is 0 Å². The van der Waals surface area contributed by atoms with E-state index in [-0.39, 0.29) is 5.82 Å². The lowest BCUT2D eigenvalue weighted by atomic mass is 10.00. The molecule has 0 spiro atoms. The number of carbonyl (C=O) groups excluding carboxylic acids is 1. The number of aromatic nitrogens is 1. The Bertz CT molecular complexity index is 1490. The molecular formula is C28H20FNO2.